The molecule has 2 aromatic rings. The zero-order chi connectivity index (χ0) is 20.0. The Morgan fingerprint density at radius 1 is 1.04 bits per heavy atom. The van der Waals surface area contributed by atoms with Gasteiger partial charge in [0.25, 0.3) is 15.9 Å². The second-order valence-electron chi connectivity index (χ2n) is 6.21. The van der Waals surface area contributed by atoms with Crippen LogP contribution in [0.4, 0.5) is 0 Å². The van der Waals surface area contributed by atoms with Gasteiger partial charge in [-0.2, -0.15) is 5.26 Å². The highest BCUT2D eigenvalue weighted by Crippen LogP contribution is 2.17. The third kappa shape index (κ3) is 5.54. The average molecular weight is 387 g/mol. The van der Waals surface area contributed by atoms with Crippen molar-refractivity contribution in [3.05, 3.63) is 59.7 Å². The highest BCUT2D eigenvalue weighted by molar-refractivity contribution is 7.89. The Balaban J connectivity index is 1.95. The van der Waals surface area contributed by atoms with Gasteiger partial charge in [0.2, 0.25) is 0 Å². The maximum absolute atomic E-state index is 12.3. The minimum atomic E-state index is -3.89. The molecule has 2 N–H and O–H groups in total. The van der Waals surface area contributed by atoms with Crippen LogP contribution in [0.3, 0.4) is 0 Å². The van der Waals surface area contributed by atoms with Crippen molar-refractivity contribution >= 4 is 15.9 Å². The maximum Gasteiger partial charge on any atom is 0.275 e. The van der Waals surface area contributed by atoms with E-state index in [4.69, 9.17) is 10.00 Å². The Labute approximate surface area is 159 Å². The topological polar surface area (TPSA) is 108 Å². The summed E-state index contributed by atoms with van der Waals surface area (Å²) >= 11 is 0. The fraction of sp³-hybridized carbons (Fsp3) is 0.263. The van der Waals surface area contributed by atoms with Crippen molar-refractivity contribution in [3.63, 3.8) is 0 Å². The number of benzene rings is 2. The zero-order valence-electron chi connectivity index (χ0n) is 15.3. The van der Waals surface area contributed by atoms with E-state index in [0.717, 1.165) is 5.56 Å². The Kier molecular flexibility index (Phi) is 6.55. The van der Waals surface area contributed by atoms with Gasteiger partial charge in [0, 0.05) is 0 Å². The van der Waals surface area contributed by atoms with E-state index in [1.54, 1.807) is 36.4 Å². The Morgan fingerprint density at radius 3 is 2.15 bits per heavy atom. The summed E-state index contributed by atoms with van der Waals surface area (Å²) in [6.07, 6.45) is -0.941. The fourth-order valence-electron chi connectivity index (χ4n) is 2.18. The fourth-order valence-corrected chi connectivity index (χ4v) is 3.02. The van der Waals surface area contributed by atoms with E-state index < -0.39 is 22.0 Å². The number of nitrogens with one attached hydrogen (secondary N) is 2. The van der Waals surface area contributed by atoms with Crippen LogP contribution < -0.4 is 15.0 Å². The molecule has 0 aromatic heterocycles. The molecule has 8 heteroatoms. The van der Waals surface area contributed by atoms with Gasteiger partial charge in [0.1, 0.15) is 5.75 Å². The summed E-state index contributed by atoms with van der Waals surface area (Å²) in [6, 6.07) is 14.7. The van der Waals surface area contributed by atoms with Crippen molar-refractivity contribution < 1.29 is 17.9 Å². The number of hydrogen-bond acceptors (Lipinski definition) is 5. The van der Waals surface area contributed by atoms with Gasteiger partial charge in [-0.05, 0) is 54.8 Å². The van der Waals surface area contributed by atoms with E-state index in [9.17, 15) is 13.2 Å². The van der Waals surface area contributed by atoms with Crippen molar-refractivity contribution in [1.29, 1.82) is 5.26 Å². The van der Waals surface area contributed by atoms with E-state index in [-0.39, 0.29) is 10.8 Å². The van der Waals surface area contributed by atoms with Crippen LogP contribution in [0.25, 0.3) is 0 Å². The molecular weight excluding hydrogens is 366 g/mol. The monoisotopic (exact) mass is 387 g/mol. The lowest BCUT2D eigenvalue weighted by atomic mass is 10.0. The number of rotatable bonds is 7. The predicted molar refractivity (Wildman–Crippen MR) is 100 cm³/mol. The number of nitrogens with zero attached hydrogens (tertiary/aromatic N) is 1. The molecule has 0 radical (unpaired) electrons. The highest BCUT2D eigenvalue weighted by atomic mass is 32.2. The summed E-state index contributed by atoms with van der Waals surface area (Å²) in [5.41, 5.74) is 3.63. The normalized spacial score (nSPS) is 12.3. The molecule has 1 atom stereocenters. The van der Waals surface area contributed by atoms with E-state index >= 15 is 0 Å². The van der Waals surface area contributed by atoms with Gasteiger partial charge in [0.05, 0.1) is 16.5 Å². The van der Waals surface area contributed by atoms with Crippen LogP contribution in [0.1, 0.15) is 37.8 Å². The number of ether oxygens (including phenoxy) is 1. The first kappa shape index (κ1) is 20.4. The molecule has 142 valence electrons. The first-order chi connectivity index (χ1) is 12.7. The SMILES string of the molecule is CC(C)c1ccc(S(=O)(=O)NNC(=O)[C@@H](C)Oc2ccc(C#N)cc2)cc1. The first-order valence-electron chi connectivity index (χ1n) is 8.31. The molecule has 2 rings (SSSR count). The molecule has 0 saturated carbocycles. The van der Waals surface area contributed by atoms with Crippen LogP contribution in [0.15, 0.2) is 53.4 Å². The molecule has 0 bridgehead atoms. The van der Waals surface area contributed by atoms with Gasteiger partial charge in [0.15, 0.2) is 6.10 Å². The molecule has 0 saturated heterocycles. The van der Waals surface area contributed by atoms with Crippen molar-refractivity contribution in [1.82, 2.24) is 10.3 Å². The number of hydrogen-bond donors (Lipinski definition) is 2. The maximum atomic E-state index is 12.3. The number of hydrazine groups is 1. The summed E-state index contributed by atoms with van der Waals surface area (Å²) in [5.74, 6) is 0.0279. The van der Waals surface area contributed by atoms with Crippen LogP contribution in [-0.2, 0) is 14.8 Å². The summed E-state index contributed by atoms with van der Waals surface area (Å²) in [5, 5.41) is 8.76. The smallest absolute Gasteiger partial charge is 0.275 e. The molecule has 0 fully saturated rings. The molecule has 0 heterocycles. The molecule has 0 aliphatic carbocycles. The van der Waals surface area contributed by atoms with Crippen molar-refractivity contribution in [3.8, 4) is 11.8 Å². The number of carbonyl (C=O) groups excluding carboxylic acids is 1. The average Bonchev–Trinajstić information content (AvgIpc) is 2.66. The summed E-state index contributed by atoms with van der Waals surface area (Å²) in [6.45, 7) is 5.51. The molecule has 0 unspecified atom stereocenters. The van der Waals surface area contributed by atoms with Crippen molar-refractivity contribution in [2.24, 2.45) is 0 Å². The van der Waals surface area contributed by atoms with Gasteiger partial charge in [-0.3, -0.25) is 10.2 Å². The summed E-state index contributed by atoms with van der Waals surface area (Å²) in [7, 11) is -3.89. The lowest BCUT2D eigenvalue weighted by molar-refractivity contribution is -0.127. The van der Waals surface area contributed by atoms with Gasteiger partial charge in [-0.15, -0.1) is 4.83 Å². The second kappa shape index (κ2) is 8.66. The van der Waals surface area contributed by atoms with Crippen LogP contribution in [-0.4, -0.2) is 20.4 Å². The minimum Gasteiger partial charge on any atom is -0.481 e. The third-order valence-electron chi connectivity index (χ3n) is 3.83. The summed E-state index contributed by atoms with van der Waals surface area (Å²) < 4.78 is 30.0. The van der Waals surface area contributed by atoms with Gasteiger partial charge >= 0.3 is 0 Å². The Morgan fingerprint density at radius 2 is 1.63 bits per heavy atom. The molecule has 0 aliphatic rings. The van der Waals surface area contributed by atoms with E-state index in [1.807, 2.05) is 19.9 Å². The molecule has 2 aromatic carbocycles. The molecular formula is C19H21N3O4S. The van der Waals surface area contributed by atoms with Gasteiger partial charge < -0.3 is 4.74 Å². The highest BCUT2D eigenvalue weighted by Gasteiger charge is 2.19. The van der Waals surface area contributed by atoms with Gasteiger partial charge in [-0.1, -0.05) is 26.0 Å². The number of amides is 1. The Bertz CT molecular complexity index is 930. The standard InChI is InChI=1S/C19H21N3O4S/c1-13(2)16-6-10-18(11-7-16)27(24,25)22-21-19(23)14(3)26-17-8-4-15(12-20)5-9-17/h4-11,13-14,22H,1-3H3,(H,21,23)/t14-/m1/s1. The first-order valence-corrected chi connectivity index (χ1v) is 9.79. The predicted octanol–water partition coefficient (Wildman–Crippen LogP) is 2.46. The molecule has 27 heavy (non-hydrogen) atoms. The van der Waals surface area contributed by atoms with E-state index in [0.29, 0.717) is 11.3 Å². The molecule has 1 amide bonds. The lowest BCUT2D eigenvalue weighted by Gasteiger charge is -2.15. The lowest BCUT2D eigenvalue weighted by Crippen LogP contribution is -2.47. The van der Waals surface area contributed by atoms with Crippen LogP contribution in [0, 0.1) is 11.3 Å². The zero-order valence-corrected chi connectivity index (χ0v) is 16.1. The number of carbonyl (C=O) groups is 1. The second-order valence-corrected chi connectivity index (χ2v) is 7.90. The number of sulfonamides is 1. The van der Waals surface area contributed by atoms with Crippen LogP contribution >= 0.6 is 0 Å². The largest absolute Gasteiger partial charge is 0.481 e. The number of nitriles is 1. The third-order valence-corrected chi connectivity index (χ3v) is 5.09. The Hall–Kier alpha value is -2.89. The van der Waals surface area contributed by atoms with Crippen LogP contribution in [0.2, 0.25) is 0 Å². The van der Waals surface area contributed by atoms with Crippen molar-refractivity contribution in [2.75, 3.05) is 0 Å². The molecule has 0 spiro atoms. The quantitative estimate of drug-likeness (QED) is 0.710. The molecule has 0 aliphatic heterocycles. The van der Waals surface area contributed by atoms with Crippen molar-refractivity contribution in [2.45, 2.75) is 37.7 Å². The van der Waals surface area contributed by atoms with E-state index in [1.165, 1.54) is 19.1 Å². The minimum absolute atomic E-state index is 0.0489. The van der Waals surface area contributed by atoms with E-state index in [2.05, 4.69) is 10.3 Å². The van der Waals surface area contributed by atoms with Gasteiger partial charge in [-0.25, -0.2) is 8.42 Å². The molecule has 7 nitrogen and oxygen atoms in total. The van der Waals surface area contributed by atoms with Crippen LogP contribution in [0.5, 0.6) is 5.75 Å². The summed E-state index contributed by atoms with van der Waals surface area (Å²) in [4.78, 5) is 14.2.